The zero-order valence-corrected chi connectivity index (χ0v) is 18.5. The lowest BCUT2D eigenvalue weighted by Crippen LogP contribution is -2.45. The highest BCUT2D eigenvalue weighted by molar-refractivity contribution is 5.91. The number of benzene rings is 1. The average molecular weight is 478 g/mol. The fourth-order valence-electron chi connectivity index (χ4n) is 4.60. The number of piperidine rings is 1. The van der Waals surface area contributed by atoms with E-state index in [1.165, 1.54) is 22.5 Å². The molecular formula is C22H25F3N8O. The molecule has 0 unspecified atom stereocenters. The number of likely N-dealkylation sites (tertiary alicyclic amines) is 1. The molecule has 4 heterocycles. The number of anilines is 1. The number of fused-ring (bicyclic) bond motifs is 2. The van der Waals surface area contributed by atoms with Crippen molar-refractivity contribution in [2.75, 3.05) is 39.6 Å². The first kappa shape index (κ1) is 19.0. The predicted molar refractivity (Wildman–Crippen MR) is 121 cm³/mol. The van der Waals surface area contributed by atoms with Crippen molar-refractivity contribution in [3.05, 3.63) is 30.0 Å². The maximum absolute atomic E-state index is 15.6. The van der Waals surface area contributed by atoms with Crippen molar-refractivity contribution >= 4 is 22.5 Å². The summed E-state index contributed by atoms with van der Waals surface area (Å²) in [5.74, 6) is -4.72. The second-order valence-electron chi connectivity index (χ2n) is 8.50. The van der Waals surface area contributed by atoms with Crippen LogP contribution in [-0.4, -0.2) is 74.3 Å². The lowest BCUT2D eigenvalue weighted by atomic mass is 9.84. The molecule has 1 aliphatic heterocycles. The number of hydrogen-bond acceptors (Lipinski definition) is 7. The Morgan fingerprint density at radius 1 is 1.38 bits per heavy atom. The number of ether oxygens (including phenoxy) is 1. The van der Waals surface area contributed by atoms with Crippen molar-refractivity contribution in [2.24, 2.45) is 0 Å². The van der Waals surface area contributed by atoms with Crippen LogP contribution in [0.3, 0.4) is 0 Å². The third-order valence-corrected chi connectivity index (χ3v) is 6.21. The van der Waals surface area contributed by atoms with Gasteiger partial charge in [-0.15, -0.1) is 10.2 Å². The quantitative estimate of drug-likeness (QED) is 0.471. The number of nitrogen functional groups attached to an aromatic ring is 1. The summed E-state index contributed by atoms with van der Waals surface area (Å²) in [6.45, 7) is -2.61. The van der Waals surface area contributed by atoms with Gasteiger partial charge in [0.15, 0.2) is 0 Å². The van der Waals surface area contributed by atoms with Crippen LogP contribution in [0.4, 0.5) is 19.1 Å². The zero-order chi connectivity index (χ0) is 26.7. The Morgan fingerprint density at radius 2 is 2.21 bits per heavy atom. The SMILES string of the molecule is [2H]C([2H])([2H])N1CC[C@H](c2cn3nc(N)nc(OC)c3c2-c2ccc3nnn([C@H](C)CF)c3c2)C(F)(F)C1. The van der Waals surface area contributed by atoms with E-state index in [2.05, 4.69) is 20.4 Å². The Labute approximate surface area is 197 Å². The van der Waals surface area contributed by atoms with Crippen molar-refractivity contribution in [3.8, 4) is 17.0 Å². The molecule has 2 N–H and O–H groups in total. The Bertz CT molecular complexity index is 1470. The number of rotatable bonds is 5. The maximum Gasteiger partial charge on any atom is 0.267 e. The largest absolute Gasteiger partial charge is 0.479 e. The molecule has 0 bridgehead atoms. The highest BCUT2D eigenvalue weighted by Crippen LogP contribution is 2.47. The van der Waals surface area contributed by atoms with E-state index in [0.717, 1.165) is 4.90 Å². The Hall–Kier alpha value is -3.41. The molecule has 0 amide bonds. The molecule has 2 atom stereocenters. The van der Waals surface area contributed by atoms with Gasteiger partial charge in [0.25, 0.3) is 5.92 Å². The van der Waals surface area contributed by atoms with E-state index >= 15 is 8.78 Å². The summed E-state index contributed by atoms with van der Waals surface area (Å²) in [5, 5.41) is 12.3. The molecule has 0 saturated carbocycles. The molecule has 12 heteroatoms. The molecule has 0 radical (unpaired) electrons. The molecule has 1 saturated heterocycles. The van der Waals surface area contributed by atoms with E-state index in [4.69, 9.17) is 14.6 Å². The van der Waals surface area contributed by atoms with Crippen molar-refractivity contribution in [3.63, 3.8) is 0 Å². The van der Waals surface area contributed by atoms with Gasteiger partial charge in [-0.05, 0) is 50.1 Å². The highest BCUT2D eigenvalue weighted by atomic mass is 19.3. The zero-order valence-electron chi connectivity index (χ0n) is 21.5. The molecule has 9 nitrogen and oxygen atoms in total. The molecule has 34 heavy (non-hydrogen) atoms. The van der Waals surface area contributed by atoms with E-state index in [1.807, 2.05) is 0 Å². The summed E-state index contributed by atoms with van der Waals surface area (Å²) < 4.78 is 75.6. The van der Waals surface area contributed by atoms with Gasteiger partial charge in [0.05, 0.1) is 31.1 Å². The van der Waals surface area contributed by atoms with E-state index < -0.39 is 38.1 Å². The van der Waals surface area contributed by atoms with Crippen LogP contribution in [0.5, 0.6) is 5.88 Å². The average Bonchev–Trinajstić information content (AvgIpc) is 3.42. The van der Waals surface area contributed by atoms with Gasteiger partial charge in [0.2, 0.25) is 11.8 Å². The van der Waals surface area contributed by atoms with Gasteiger partial charge in [-0.1, -0.05) is 11.3 Å². The topological polar surface area (TPSA) is 99.4 Å². The standard InChI is InChI=1S/C22H25F3N8O/c1-12(9-23)33-17-8-13(4-5-16(17)28-30-33)18-14(15-6-7-31(2)11-22(15,24)25)10-32-19(18)20(34-3)27-21(26)29-32/h4-5,8,10,12,15H,6-7,9,11H2,1-3H3,(H2,26,29)/t12-,15-/m1/s1/i2D3. The van der Waals surface area contributed by atoms with Crippen LogP contribution in [0.15, 0.2) is 24.4 Å². The molecule has 4 aromatic rings. The predicted octanol–water partition coefficient (Wildman–Crippen LogP) is 3.32. The van der Waals surface area contributed by atoms with Crippen LogP contribution in [0.25, 0.3) is 27.7 Å². The monoisotopic (exact) mass is 477 g/mol. The van der Waals surface area contributed by atoms with Crippen LogP contribution in [-0.2, 0) is 0 Å². The Morgan fingerprint density at radius 3 is 2.91 bits per heavy atom. The van der Waals surface area contributed by atoms with Crippen LogP contribution in [0.1, 0.15) is 35.0 Å². The highest BCUT2D eigenvalue weighted by Gasteiger charge is 2.46. The minimum absolute atomic E-state index is 0.0446. The fraction of sp³-hybridized carbons (Fsp3) is 0.455. The molecule has 0 spiro atoms. The Balaban J connectivity index is 1.74. The minimum Gasteiger partial charge on any atom is -0.479 e. The normalized spacial score (nSPS) is 21.3. The fourth-order valence-corrected chi connectivity index (χ4v) is 4.60. The molecule has 3 aromatic heterocycles. The maximum atomic E-state index is 15.6. The second-order valence-corrected chi connectivity index (χ2v) is 8.50. The summed E-state index contributed by atoms with van der Waals surface area (Å²) in [7, 11) is 1.38. The summed E-state index contributed by atoms with van der Waals surface area (Å²) in [6, 6.07) is 4.49. The summed E-state index contributed by atoms with van der Waals surface area (Å²) in [4.78, 5) is 4.94. The van der Waals surface area contributed by atoms with E-state index in [9.17, 15) is 4.39 Å². The van der Waals surface area contributed by atoms with Gasteiger partial charge in [-0.25, -0.2) is 22.4 Å². The lowest BCUT2D eigenvalue weighted by Gasteiger charge is -2.36. The van der Waals surface area contributed by atoms with E-state index in [1.54, 1.807) is 25.1 Å². The van der Waals surface area contributed by atoms with Crippen molar-refractivity contribution < 1.29 is 22.0 Å². The third kappa shape index (κ3) is 3.52. The summed E-state index contributed by atoms with van der Waals surface area (Å²) in [5.41, 5.74) is 8.32. The van der Waals surface area contributed by atoms with Gasteiger partial charge < -0.3 is 15.4 Å². The number of nitrogens with two attached hydrogens (primary N) is 1. The van der Waals surface area contributed by atoms with Crippen molar-refractivity contribution in [1.82, 2.24) is 34.5 Å². The first-order chi connectivity index (χ1) is 17.4. The van der Waals surface area contributed by atoms with Gasteiger partial charge >= 0.3 is 0 Å². The number of aromatic nitrogens is 6. The van der Waals surface area contributed by atoms with E-state index in [-0.39, 0.29) is 30.4 Å². The number of alkyl halides is 3. The molecule has 1 aromatic carbocycles. The van der Waals surface area contributed by atoms with Crippen LogP contribution < -0.4 is 10.5 Å². The van der Waals surface area contributed by atoms with Gasteiger partial charge in [-0.3, -0.25) is 0 Å². The second kappa shape index (κ2) is 8.12. The van der Waals surface area contributed by atoms with Gasteiger partial charge in [0, 0.05) is 15.9 Å². The number of nitrogens with zero attached hydrogens (tertiary/aromatic N) is 7. The van der Waals surface area contributed by atoms with Crippen LogP contribution >= 0.6 is 0 Å². The van der Waals surface area contributed by atoms with Crippen LogP contribution in [0, 0.1) is 0 Å². The molecule has 180 valence electrons. The molecular weight excluding hydrogens is 449 g/mol. The van der Waals surface area contributed by atoms with E-state index in [0.29, 0.717) is 27.7 Å². The number of hydrogen-bond donors (Lipinski definition) is 1. The molecule has 1 fully saturated rings. The number of methoxy groups -OCH3 is 1. The number of halogens is 3. The van der Waals surface area contributed by atoms with Gasteiger partial charge in [0.1, 0.15) is 17.7 Å². The minimum atomic E-state index is -3.37. The van der Waals surface area contributed by atoms with Crippen LogP contribution in [0.2, 0.25) is 0 Å². The molecule has 5 rings (SSSR count). The molecule has 1 aliphatic rings. The Kier molecular flexibility index (Phi) is 4.52. The lowest BCUT2D eigenvalue weighted by molar-refractivity contribution is -0.0764. The first-order valence-electron chi connectivity index (χ1n) is 12.2. The van der Waals surface area contributed by atoms with Crippen molar-refractivity contribution in [1.29, 1.82) is 0 Å². The van der Waals surface area contributed by atoms with Gasteiger partial charge in [-0.2, -0.15) is 4.98 Å². The third-order valence-electron chi connectivity index (χ3n) is 6.21. The summed E-state index contributed by atoms with van der Waals surface area (Å²) in [6.07, 6.45) is 1.35. The van der Waals surface area contributed by atoms with Crippen molar-refractivity contribution in [2.45, 2.75) is 31.2 Å². The molecule has 0 aliphatic carbocycles. The summed E-state index contributed by atoms with van der Waals surface area (Å²) >= 11 is 0. The first-order valence-corrected chi connectivity index (χ1v) is 10.7. The smallest absolute Gasteiger partial charge is 0.267 e.